The van der Waals surface area contributed by atoms with Crippen molar-refractivity contribution in [2.45, 2.75) is 32.2 Å². The lowest BCUT2D eigenvalue weighted by atomic mass is 10.0. The SMILES string of the molecule is CC(C)c1ccc(OCCNC(=O)CC2COCCN2)cc1.Cl. The number of carbonyl (C=O) groups excluding carboxylic acids is 1. The van der Waals surface area contributed by atoms with Crippen LogP contribution in [0, 0.1) is 0 Å². The van der Waals surface area contributed by atoms with Gasteiger partial charge in [-0.1, -0.05) is 26.0 Å². The van der Waals surface area contributed by atoms with Crippen LogP contribution in [0.2, 0.25) is 0 Å². The summed E-state index contributed by atoms with van der Waals surface area (Å²) in [5.41, 5.74) is 1.29. The van der Waals surface area contributed by atoms with Crippen LogP contribution >= 0.6 is 12.4 Å². The number of morpholine rings is 1. The van der Waals surface area contributed by atoms with Gasteiger partial charge in [0.05, 0.1) is 19.8 Å². The van der Waals surface area contributed by atoms with Crippen molar-refractivity contribution in [3.05, 3.63) is 29.8 Å². The van der Waals surface area contributed by atoms with E-state index in [1.54, 1.807) is 0 Å². The molecule has 1 amide bonds. The summed E-state index contributed by atoms with van der Waals surface area (Å²) in [5.74, 6) is 1.38. The van der Waals surface area contributed by atoms with Gasteiger partial charge >= 0.3 is 0 Å². The van der Waals surface area contributed by atoms with Gasteiger partial charge in [0.1, 0.15) is 12.4 Å². The van der Waals surface area contributed by atoms with Crippen molar-refractivity contribution < 1.29 is 14.3 Å². The molecule has 23 heavy (non-hydrogen) atoms. The Labute approximate surface area is 144 Å². The molecule has 1 aromatic rings. The highest BCUT2D eigenvalue weighted by molar-refractivity contribution is 5.85. The molecule has 1 heterocycles. The molecule has 1 fully saturated rings. The molecule has 0 saturated carbocycles. The Morgan fingerprint density at radius 3 is 2.74 bits per heavy atom. The molecule has 0 spiro atoms. The van der Waals surface area contributed by atoms with Crippen LogP contribution < -0.4 is 15.4 Å². The van der Waals surface area contributed by atoms with Gasteiger partial charge in [0, 0.05) is 19.0 Å². The molecule has 1 atom stereocenters. The Hall–Kier alpha value is -1.30. The minimum atomic E-state index is 0. The maximum absolute atomic E-state index is 11.8. The fourth-order valence-electron chi connectivity index (χ4n) is 2.36. The van der Waals surface area contributed by atoms with Crippen LogP contribution in [0.15, 0.2) is 24.3 Å². The molecule has 0 radical (unpaired) electrons. The largest absolute Gasteiger partial charge is 0.492 e. The highest BCUT2D eigenvalue weighted by Gasteiger charge is 2.16. The Balaban J connectivity index is 0.00000264. The molecule has 1 aromatic carbocycles. The number of nitrogens with one attached hydrogen (secondary N) is 2. The molecular weight excluding hydrogens is 316 g/mol. The van der Waals surface area contributed by atoms with Crippen molar-refractivity contribution in [1.29, 1.82) is 0 Å². The zero-order chi connectivity index (χ0) is 15.8. The molecular formula is C17H27ClN2O3. The first-order valence-electron chi connectivity index (χ1n) is 7.95. The lowest BCUT2D eigenvalue weighted by molar-refractivity contribution is -0.122. The Kier molecular flexibility index (Phi) is 8.99. The third-order valence-corrected chi connectivity index (χ3v) is 3.67. The second kappa shape index (κ2) is 10.5. The fraction of sp³-hybridized carbons (Fsp3) is 0.588. The first-order chi connectivity index (χ1) is 10.6. The summed E-state index contributed by atoms with van der Waals surface area (Å²) >= 11 is 0. The lowest BCUT2D eigenvalue weighted by Gasteiger charge is -2.23. The summed E-state index contributed by atoms with van der Waals surface area (Å²) in [6.07, 6.45) is 0.448. The van der Waals surface area contributed by atoms with Crippen LogP contribution in [-0.2, 0) is 9.53 Å². The van der Waals surface area contributed by atoms with Gasteiger partial charge in [0.15, 0.2) is 0 Å². The van der Waals surface area contributed by atoms with Crippen LogP contribution in [0.1, 0.15) is 31.7 Å². The second-order valence-electron chi connectivity index (χ2n) is 5.85. The Morgan fingerprint density at radius 1 is 1.39 bits per heavy atom. The second-order valence-corrected chi connectivity index (χ2v) is 5.85. The average Bonchev–Trinajstić information content (AvgIpc) is 2.53. The van der Waals surface area contributed by atoms with E-state index in [-0.39, 0.29) is 24.4 Å². The van der Waals surface area contributed by atoms with Crippen molar-refractivity contribution in [3.63, 3.8) is 0 Å². The van der Waals surface area contributed by atoms with Gasteiger partial charge in [0.2, 0.25) is 5.91 Å². The van der Waals surface area contributed by atoms with Gasteiger partial charge in [-0.3, -0.25) is 4.79 Å². The number of benzene rings is 1. The summed E-state index contributed by atoms with van der Waals surface area (Å²) in [5, 5.41) is 6.13. The normalized spacial score (nSPS) is 17.4. The van der Waals surface area contributed by atoms with Gasteiger partial charge in [-0.2, -0.15) is 0 Å². The minimum Gasteiger partial charge on any atom is -0.492 e. The smallest absolute Gasteiger partial charge is 0.221 e. The van der Waals surface area contributed by atoms with Crippen molar-refractivity contribution in [2.75, 3.05) is 32.9 Å². The Morgan fingerprint density at radius 2 is 2.13 bits per heavy atom. The number of amides is 1. The molecule has 1 unspecified atom stereocenters. The molecule has 5 nitrogen and oxygen atoms in total. The minimum absolute atomic E-state index is 0. The number of halogens is 1. The highest BCUT2D eigenvalue weighted by atomic mass is 35.5. The van der Waals surface area contributed by atoms with Crippen LogP contribution in [-0.4, -0.2) is 44.9 Å². The number of ether oxygens (including phenoxy) is 2. The zero-order valence-corrected chi connectivity index (χ0v) is 14.7. The Bertz CT molecular complexity index is 459. The maximum atomic E-state index is 11.8. The van der Waals surface area contributed by atoms with E-state index in [2.05, 4.69) is 36.6 Å². The van der Waals surface area contributed by atoms with Crippen molar-refractivity contribution >= 4 is 18.3 Å². The highest BCUT2D eigenvalue weighted by Crippen LogP contribution is 2.18. The summed E-state index contributed by atoms with van der Waals surface area (Å²) in [4.78, 5) is 11.8. The molecule has 0 bridgehead atoms. The molecule has 1 aliphatic rings. The third kappa shape index (κ3) is 7.20. The van der Waals surface area contributed by atoms with Crippen molar-refractivity contribution in [2.24, 2.45) is 0 Å². The quantitative estimate of drug-likeness (QED) is 0.745. The van der Waals surface area contributed by atoms with E-state index in [1.807, 2.05) is 12.1 Å². The van der Waals surface area contributed by atoms with Crippen LogP contribution in [0.25, 0.3) is 0 Å². The number of rotatable bonds is 7. The van der Waals surface area contributed by atoms with Crippen LogP contribution in [0.4, 0.5) is 0 Å². The predicted octanol–water partition coefficient (Wildman–Crippen LogP) is 2.11. The van der Waals surface area contributed by atoms with E-state index in [4.69, 9.17) is 9.47 Å². The van der Waals surface area contributed by atoms with Crippen LogP contribution in [0.3, 0.4) is 0 Å². The van der Waals surface area contributed by atoms with Crippen molar-refractivity contribution in [1.82, 2.24) is 10.6 Å². The van der Waals surface area contributed by atoms with Crippen molar-refractivity contribution in [3.8, 4) is 5.75 Å². The zero-order valence-electron chi connectivity index (χ0n) is 13.8. The molecule has 2 N–H and O–H groups in total. The van der Waals surface area contributed by atoms with E-state index in [9.17, 15) is 4.79 Å². The molecule has 1 aliphatic heterocycles. The summed E-state index contributed by atoms with van der Waals surface area (Å²) in [6, 6.07) is 8.22. The van der Waals surface area contributed by atoms with Gasteiger partial charge in [-0.05, 0) is 23.6 Å². The molecule has 0 aliphatic carbocycles. The molecule has 6 heteroatoms. The number of carbonyl (C=O) groups is 1. The van der Waals surface area contributed by atoms with Crippen LogP contribution in [0.5, 0.6) is 5.75 Å². The molecule has 0 aromatic heterocycles. The fourth-order valence-corrected chi connectivity index (χ4v) is 2.36. The van der Waals surface area contributed by atoms with E-state index >= 15 is 0 Å². The van der Waals surface area contributed by atoms with E-state index < -0.39 is 0 Å². The van der Waals surface area contributed by atoms with E-state index in [0.717, 1.165) is 18.9 Å². The topological polar surface area (TPSA) is 59.6 Å². The summed E-state index contributed by atoms with van der Waals surface area (Å²) in [7, 11) is 0. The summed E-state index contributed by atoms with van der Waals surface area (Å²) < 4.78 is 11.0. The summed E-state index contributed by atoms with van der Waals surface area (Å²) in [6.45, 7) is 7.45. The van der Waals surface area contributed by atoms with E-state index in [1.165, 1.54) is 5.56 Å². The van der Waals surface area contributed by atoms with Gasteiger partial charge in [0.25, 0.3) is 0 Å². The average molecular weight is 343 g/mol. The maximum Gasteiger partial charge on any atom is 0.221 e. The molecule has 130 valence electrons. The standard InChI is InChI=1S/C17H26N2O3.ClH/c1-13(2)14-3-5-16(6-4-14)22-10-8-19-17(20)11-15-12-21-9-7-18-15;/h3-6,13,15,18H,7-12H2,1-2H3,(H,19,20);1H. The first-order valence-corrected chi connectivity index (χ1v) is 7.95. The van der Waals surface area contributed by atoms with E-state index in [0.29, 0.717) is 32.1 Å². The molecule has 2 rings (SSSR count). The van der Waals surface area contributed by atoms with Gasteiger partial charge in [-0.25, -0.2) is 0 Å². The third-order valence-electron chi connectivity index (χ3n) is 3.67. The molecule has 1 saturated heterocycles. The monoisotopic (exact) mass is 342 g/mol. The lowest BCUT2D eigenvalue weighted by Crippen LogP contribution is -2.44. The number of hydrogen-bond donors (Lipinski definition) is 2. The number of hydrogen-bond acceptors (Lipinski definition) is 4. The van der Waals surface area contributed by atoms with Gasteiger partial charge < -0.3 is 20.1 Å². The van der Waals surface area contributed by atoms with Gasteiger partial charge in [-0.15, -0.1) is 12.4 Å². The predicted molar refractivity (Wildman–Crippen MR) is 93.5 cm³/mol. The first kappa shape index (κ1) is 19.7.